The quantitative estimate of drug-likeness (QED) is 0.527. The van der Waals surface area contributed by atoms with Crippen LogP contribution in [-0.4, -0.2) is 12.1 Å². The molecule has 0 radical (unpaired) electrons. The maximum Gasteiger partial charge on any atom is 0.305 e. The molecule has 0 saturated heterocycles. The fraction of sp³-hybridized carbons (Fsp3) is 0.769. The minimum Gasteiger partial charge on any atom is -0.462 e. The van der Waals surface area contributed by atoms with Gasteiger partial charge in [0.05, 0.1) is 0 Å². The number of hydrogen-bond donors (Lipinski definition) is 0. The average Bonchev–Trinajstić information content (AvgIpc) is 2.17. The molecule has 86 valence electrons. The van der Waals surface area contributed by atoms with Crippen molar-refractivity contribution in [3.63, 3.8) is 0 Å². The highest BCUT2D eigenvalue weighted by atomic mass is 16.5. The number of hydrogen-bond acceptors (Lipinski definition) is 2. The van der Waals surface area contributed by atoms with Crippen molar-refractivity contribution in [1.82, 2.24) is 0 Å². The van der Waals surface area contributed by atoms with Crippen LogP contribution in [0, 0.1) is 11.8 Å². The van der Waals surface area contributed by atoms with E-state index in [-0.39, 0.29) is 12.1 Å². The molecular weight excluding hydrogens is 188 g/mol. The summed E-state index contributed by atoms with van der Waals surface area (Å²) in [7, 11) is 0. The smallest absolute Gasteiger partial charge is 0.305 e. The molecule has 1 saturated carbocycles. The van der Waals surface area contributed by atoms with Gasteiger partial charge in [0.25, 0.3) is 0 Å². The summed E-state index contributed by atoms with van der Waals surface area (Å²) in [6.45, 7) is 10.1. The first kappa shape index (κ1) is 12.3. The molecule has 0 bridgehead atoms. The predicted molar refractivity (Wildman–Crippen MR) is 61.5 cm³/mol. The summed E-state index contributed by atoms with van der Waals surface area (Å²) in [5, 5.41) is 0. The fourth-order valence-electron chi connectivity index (χ4n) is 2.27. The summed E-state index contributed by atoms with van der Waals surface area (Å²) in [5.74, 6) is 0.951. The van der Waals surface area contributed by atoms with Crippen LogP contribution in [0.5, 0.6) is 0 Å². The second kappa shape index (κ2) is 5.34. The van der Waals surface area contributed by atoms with Gasteiger partial charge >= 0.3 is 5.97 Å². The Labute approximate surface area is 92.7 Å². The van der Waals surface area contributed by atoms with Crippen LogP contribution in [0.3, 0.4) is 0 Å². The van der Waals surface area contributed by atoms with Gasteiger partial charge in [-0.15, -0.1) is 0 Å². The molecular formula is C13H22O2. The Morgan fingerprint density at radius 3 is 2.67 bits per heavy atom. The number of rotatable bonds is 3. The third-order valence-corrected chi connectivity index (χ3v) is 3.26. The first-order valence-electron chi connectivity index (χ1n) is 5.89. The van der Waals surface area contributed by atoms with Crippen molar-refractivity contribution >= 4 is 5.97 Å². The topological polar surface area (TPSA) is 26.3 Å². The Kier molecular flexibility index (Phi) is 4.37. The molecule has 0 spiro atoms. The van der Waals surface area contributed by atoms with Gasteiger partial charge < -0.3 is 4.74 Å². The van der Waals surface area contributed by atoms with E-state index in [1.807, 2.05) is 13.8 Å². The zero-order valence-corrected chi connectivity index (χ0v) is 10.1. The van der Waals surface area contributed by atoms with Crippen LogP contribution < -0.4 is 0 Å². The van der Waals surface area contributed by atoms with E-state index in [4.69, 9.17) is 4.74 Å². The van der Waals surface area contributed by atoms with Crippen LogP contribution in [-0.2, 0) is 9.53 Å². The summed E-state index contributed by atoms with van der Waals surface area (Å²) in [6.07, 6.45) is 3.85. The minimum atomic E-state index is -0.0830. The largest absolute Gasteiger partial charge is 0.462 e. The van der Waals surface area contributed by atoms with E-state index in [0.717, 1.165) is 18.4 Å². The van der Waals surface area contributed by atoms with E-state index in [1.54, 1.807) is 0 Å². The molecule has 1 rings (SSSR count). The normalized spacial score (nSPS) is 31.0. The van der Waals surface area contributed by atoms with Crippen molar-refractivity contribution in [2.45, 2.75) is 52.6 Å². The second-order valence-corrected chi connectivity index (χ2v) is 4.75. The highest BCUT2D eigenvalue weighted by Gasteiger charge is 2.31. The Hall–Kier alpha value is -0.790. The minimum absolute atomic E-state index is 0.0682. The van der Waals surface area contributed by atoms with Gasteiger partial charge in [-0.05, 0) is 32.1 Å². The third kappa shape index (κ3) is 3.37. The van der Waals surface area contributed by atoms with Crippen LogP contribution in [0.15, 0.2) is 12.2 Å². The third-order valence-electron chi connectivity index (χ3n) is 3.26. The van der Waals surface area contributed by atoms with E-state index < -0.39 is 0 Å². The first-order chi connectivity index (χ1) is 7.04. The zero-order chi connectivity index (χ0) is 11.4. The monoisotopic (exact) mass is 210 g/mol. The van der Waals surface area contributed by atoms with Crippen molar-refractivity contribution in [3.05, 3.63) is 12.2 Å². The predicted octanol–water partition coefficient (Wildman–Crippen LogP) is 3.32. The maximum absolute atomic E-state index is 11.3. The molecule has 2 heteroatoms. The molecule has 0 aromatic rings. The zero-order valence-electron chi connectivity index (χ0n) is 10.1. The SMILES string of the molecule is C=C(C)C1CCC(C)CC1OC(=O)CC. The number of esters is 1. The summed E-state index contributed by atoms with van der Waals surface area (Å²) in [5.41, 5.74) is 1.15. The van der Waals surface area contributed by atoms with E-state index in [9.17, 15) is 4.79 Å². The Morgan fingerprint density at radius 1 is 1.47 bits per heavy atom. The summed E-state index contributed by atoms with van der Waals surface area (Å²) in [6, 6.07) is 0. The fourth-order valence-corrected chi connectivity index (χ4v) is 2.27. The van der Waals surface area contributed by atoms with Gasteiger partial charge in [-0.3, -0.25) is 4.79 Å². The molecule has 2 nitrogen and oxygen atoms in total. The van der Waals surface area contributed by atoms with Gasteiger partial charge in [-0.25, -0.2) is 0 Å². The Balaban J connectivity index is 2.61. The molecule has 1 aliphatic rings. The van der Waals surface area contributed by atoms with Crippen LogP contribution >= 0.6 is 0 Å². The van der Waals surface area contributed by atoms with Gasteiger partial charge in [0.15, 0.2) is 0 Å². The van der Waals surface area contributed by atoms with Crippen molar-refractivity contribution in [3.8, 4) is 0 Å². The number of carbonyl (C=O) groups excluding carboxylic acids is 1. The van der Waals surface area contributed by atoms with E-state index in [0.29, 0.717) is 18.3 Å². The van der Waals surface area contributed by atoms with Gasteiger partial charge in [0.1, 0.15) is 6.10 Å². The average molecular weight is 210 g/mol. The molecule has 1 fully saturated rings. The maximum atomic E-state index is 11.3. The van der Waals surface area contributed by atoms with Crippen molar-refractivity contribution < 1.29 is 9.53 Å². The lowest BCUT2D eigenvalue weighted by Crippen LogP contribution is -2.33. The molecule has 3 unspecified atom stereocenters. The highest BCUT2D eigenvalue weighted by Crippen LogP contribution is 2.34. The van der Waals surface area contributed by atoms with Gasteiger partial charge in [-0.1, -0.05) is 26.0 Å². The lowest BCUT2D eigenvalue weighted by atomic mass is 9.77. The second-order valence-electron chi connectivity index (χ2n) is 4.75. The molecule has 15 heavy (non-hydrogen) atoms. The summed E-state index contributed by atoms with van der Waals surface area (Å²) >= 11 is 0. The van der Waals surface area contributed by atoms with Gasteiger partial charge in [0, 0.05) is 12.3 Å². The van der Waals surface area contributed by atoms with Crippen molar-refractivity contribution in [2.24, 2.45) is 11.8 Å². The first-order valence-corrected chi connectivity index (χ1v) is 5.89. The molecule has 0 aromatic heterocycles. The van der Waals surface area contributed by atoms with E-state index in [1.165, 1.54) is 6.42 Å². The van der Waals surface area contributed by atoms with Gasteiger partial charge in [-0.2, -0.15) is 0 Å². The van der Waals surface area contributed by atoms with Crippen LogP contribution in [0.4, 0.5) is 0 Å². The number of carbonyl (C=O) groups is 1. The summed E-state index contributed by atoms with van der Waals surface area (Å²) < 4.78 is 5.49. The molecule has 0 aliphatic heterocycles. The lowest BCUT2D eigenvalue weighted by molar-refractivity contribution is -0.153. The molecule has 0 heterocycles. The molecule has 0 N–H and O–H groups in total. The van der Waals surface area contributed by atoms with Crippen molar-refractivity contribution in [2.75, 3.05) is 0 Å². The summed E-state index contributed by atoms with van der Waals surface area (Å²) in [4.78, 5) is 11.3. The molecule has 0 aromatic carbocycles. The van der Waals surface area contributed by atoms with Gasteiger partial charge in [0.2, 0.25) is 0 Å². The molecule has 1 aliphatic carbocycles. The van der Waals surface area contributed by atoms with Crippen LogP contribution in [0.2, 0.25) is 0 Å². The van der Waals surface area contributed by atoms with Crippen LogP contribution in [0.25, 0.3) is 0 Å². The molecule has 3 atom stereocenters. The lowest BCUT2D eigenvalue weighted by Gasteiger charge is -2.34. The van der Waals surface area contributed by atoms with E-state index in [2.05, 4.69) is 13.5 Å². The Bertz CT molecular complexity index is 245. The highest BCUT2D eigenvalue weighted by molar-refractivity contribution is 5.69. The molecule has 0 amide bonds. The Morgan fingerprint density at radius 2 is 2.13 bits per heavy atom. The van der Waals surface area contributed by atoms with E-state index >= 15 is 0 Å². The number of ether oxygens (including phenoxy) is 1. The standard InChI is InChI=1S/C13H22O2/c1-5-13(14)15-12-8-10(4)6-7-11(12)9(2)3/h10-12H,2,5-8H2,1,3-4H3. The van der Waals surface area contributed by atoms with Crippen LogP contribution in [0.1, 0.15) is 46.5 Å². The van der Waals surface area contributed by atoms with Crippen molar-refractivity contribution in [1.29, 1.82) is 0 Å².